The Morgan fingerprint density at radius 2 is 1.89 bits per heavy atom. The highest BCUT2D eigenvalue weighted by molar-refractivity contribution is 5.83. The lowest BCUT2D eigenvalue weighted by atomic mass is 9.75. The molecule has 2 fully saturated rings. The molecule has 2 atom stereocenters. The Labute approximate surface area is 117 Å². The molecular formula is C16H30N2O. The molecule has 0 aromatic carbocycles. The van der Waals surface area contributed by atoms with E-state index in [0.717, 1.165) is 19.5 Å². The van der Waals surface area contributed by atoms with E-state index in [9.17, 15) is 4.79 Å². The molecule has 1 aliphatic carbocycles. The van der Waals surface area contributed by atoms with Gasteiger partial charge in [0.1, 0.15) is 0 Å². The first kappa shape index (κ1) is 14.8. The van der Waals surface area contributed by atoms with Crippen molar-refractivity contribution >= 4 is 5.91 Å². The Bertz CT molecular complexity index is 302. The quantitative estimate of drug-likeness (QED) is 0.821. The third-order valence-corrected chi connectivity index (χ3v) is 5.46. The van der Waals surface area contributed by atoms with Gasteiger partial charge in [-0.1, -0.05) is 33.1 Å². The zero-order valence-corrected chi connectivity index (χ0v) is 12.8. The Balaban J connectivity index is 1.95. The first-order chi connectivity index (χ1) is 9.06. The molecular weight excluding hydrogens is 236 g/mol. The van der Waals surface area contributed by atoms with Gasteiger partial charge in [0.25, 0.3) is 0 Å². The van der Waals surface area contributed by atoms with Crippen molar-refractivity contribution in [1.29, 1.82) is 0 Å². The van der Waals surface area contributed by atoms with E-state index in [0.29, 0.717) is 17.9 Å². The average molecular weight is 266 g/mol. The summed E-state index contributed by atoms with van der Waals surface area (Å²) in [5.74, 6) is 1.38. The van der Waals surface area contributed by atoms with Crippen LogP contribution in [-0.2, 0) is 4.79 Å². The molecule has 2 N–H and O–H groups in total. The molecule has 0 spiro atoms. The van der Waals surface area contributed by atoms with Crippen LogP contribution in [0.25, 0.3) is 0 Å². The van der Waals surface area contributed by atoms with E-state index in [1.807, 2.05) is 0 Å². The van der Waals surface area contributed by atoms with Crippen LogP contribution in [0.15, 0.2) is 0 Å². The van der Waals surface area contributed by atoms with Gasteiger partial charge in [-0.25, -0.2) is 0 Å². The lowest BCUT2D eigenvalue weighted by Gasteiger charge is -2.35. The second kappa shape index (κ2) is 6.25. The molecule has 0 aromatic heterocycles. The highest BCUT2D eigenvalue weighted by Crippen LogP contribution is 2.35. The molecule has 3 heteroatoms. The summed E-state index contributed by atoms with van der Waals surface area (Å²) in [6.07, 6.45) is 7.59. The number of nitrogens with one attached hydrogen (secondary N) is 2. The summed E-state index contributed by atoms with van der Waals surface area (Å²) >= 11 is 0. The molecule has 0 radical (unpaired) electrons. The van der Waals surface area contributed by atoms with E-state index < -0.39 is 0 Å². The predicted molar refractivity (Wildman–Crippen MR) is 78.9 cm³/mol. The van der Waals surface area contributed by atoms with Crippen LogP contribution in [0.3, 0.4) is 0 Å². The second-order valence-corrected chi connectivity index (χ2v) is 6.90. The van der Waals surface area contributed by atoms with Crippen LogP contribution in [0, 0.1) is 17.3 Å². The zero-order valence-electron chi connectivity index (χ0n) is 12.8. The van der Waals surface area contributed by atoms with Crippen molar-refractivity contribution < 1.29 is 4.79 Å². The first-order valence-electron chi connectivity index (χ1n) is 8.08. The van der Waals surface area contributed by atoms with E-state index in [-0.39, 0.29) is 11.3 Å². The third kappa shape index (κ3) is 3.13. The molecule has 2 rings (SSSR count). The molecule has 0 bridgehead atoms. The fourth-order valence-electron chi connectivity index (χ4n) is 3.76. The summed E-state index contributed by atoms with van der Waals surface area (Å²) in [5, 5.41) is 6.70. The molecule has 1 heterocycles. The predicted octanol–water partition coefficient (Wildman–Crippen LogP) is 2.71. The maximum Gasteiger partial charge on any atom is 0.228 e. The van der Waals surface area contributed by atoms with E-state index in [1.165, 1.54) is 32.1 Å². The van der Waals surface area contributed by atoms with Crippen molar-refractivity contribution in [2.24, 2.45) is 17.3 Å². The Hall–Kier alpha value is -0.570. The van der Waals surface area contributed by atoms with Crippen molar-refractivity contribution in [2.75, 3.05) is 13.1 Å². The smallest absolute Gasteiger partial charge is 0.228 e. The van der Waals surface area contributed by atoms with Gasteiger partial charge in [-0.3, -0.25) is 4.79 Å². The molecule has 1 amide bonds. The van der Waals surface area contributed by atoms with E-state index >= 15 is 0 Å². The lowest BCUT2D eigenvalue weighted by Crippen LogP contribution is -2.50. The molecule has 3 nitrogen and oxygen atoms in total. The van der Waals surface area contributed by atoms with Crippen molar-refractivity contribution in [3.8, 4) is 0 Å². The van der Waals surface area contributed by atoms with Gasteiger partial charge in [0, 0.05) is 12.6 Å². The van der Waals surface area contributed by atoms with E-state index in [2.05, 4.69) is 31.4 Å². The van der Waals surface area contributed by atoms with Crippen molar-refractivity contribution in [3.05, 3.63) is 0 Å². The normalized spacial score (nSPS) is 30.5. The molecule has 1 unspecified atom stereocenters. The molecule has 19 heavy (non-hydrogen) atoms. The van der Waals surface area contributed by atoms with Gasteiger partial charge in [0.05, 0.1) is 5.41 Å². The standard InChI is InChI=1S/C16H30N2O/c1-12(2)16(9-10-17-11-16)15(19)18-13(3)14-7-5-4-6-8-14/h12-14,17H,4-11H2,1-3H3,(H,18,19)/t13-,16?/m1/s1. The minimum Gasteiger partial charge on any atom is -0.353 e. The Kier molecular flexibility index (Phi) is 4.88. The highest BCUT2D eigenvalue weighted by Gasteiger charge is 2.44. The topological polar surface area (TPSA) is 41.1 Å². The van der Waals surface area contributed by atoms with Gasteiger partial charge in [0.15, 0.2) is 0 Å². The van der Waals surface area contributed by atoms with Crippen LogP contribution >= 0.6 is 0 Å². The van der Waals surface area contributed by atoms with Gasteiger partial charge in [-0.15, -0.1) is 0 Å². The molecule has 0 aromatic rings. The van der Waals surface area contributed by atoms with Crippen molar-refractivity contribution in [2.45, 2.75) is 65.3 Å². The average Bonchev–Trinajstić information content (AvgIpc) is 2.90. The summed E-state index contributed by atoms with van der Waals surface area (Å²) in [7, 11) is 0. The lowest BCUT2D eigenvalue weighted by molar-refractivity contribution is -0.133. The summed E-state index contributed by atoms with van der Waals surface area (Å²) < 4.78 is 0. The number of hydrogen-bond donors (Lipinski definition) is 2. The molecule has 1 saturated heterocycles. The highest BCUT2D eigenvalue weighted by atomic mass is 16.2. The third-order valence-electron chi connectivity index (χ3n) is 5.46. The number of amides is 1. The maximum absolute atomic E-state index is 12.7. The largest absolute Gasteiger partial charge is 0.353 e. The zero-order chi connectivity index (χ0) is 13.9. The number of carbonyl (C=O) groups excluding carboxylic acids is 1. The summed E-state index contributed by atoms with van der Waals surface area (Å²) in [5.41, 5.74) is -0.178. The Morgan fingerprint density at radius 3 is 2.42 bits per heavy atom. The van der Waals surface area contributed by atoms with Gasteiger partial charge >= 0.3 is 0 Å². The van der Waals surface area contributed by atoms with Crippen LogP contribution in [0.5, 0.6) is 0 Å². The van der Waals surface area contributed by atoms with E-state index in [1.54, 1.807) is 0 Å². The van der Waals surface area contributed by atoms with Crippen LogP contribution in [0.4, 0.5) is 0 Å². The summed E-state index contributed by atoms with van der Waals surface area (Å²) in [6.45, 7) is 8.37. The number of hydrogen-bond acceptors (Lipinski definition) is 2. The molecule has 1 saturated carbocycles. The maximum atomic E-state index is 12.7. The number of rotatable bonds is 4. The SMILES string of the molecule is CC(C)C1(C(=O)N[C@H](C)C2CCCCC2)CCNC1. The number of carbonyl (C=O) groups is 1. The Morgan fingerprint density at radius 1 is 1.21 bits per heavy atom. The fourth-order valence-corrected chi connectivity index (χ4v) is 3.76. The van der Waals surface area contributed by atoms with Crippen LogP contribution in [-0.4, -0.2) is 25.0 Å². The van der Waals surface area contributed by atoms with Crippen LogP contribution in [0.2, 0.25) is 0 Å². The first-order valence-corrected chi connectivity index (χ1v) is 8.08. The van der Waals surface area contributed by atoms with Crippen molar-refractivity contribution in [3.63, 3.8) is 0 Å². The van der Waals surface area contributed by atoms with Gasteiger partial charge in [-0.2, -0.15) is 0 Å². The summed E-state index contributed by atoms with van der Waals surface area (Å²) in [6, 6.07) is 0.337. The molecule has 2 aliphatic rings. The van der Waals surface area contributed by atoms with Gasteiger partial charge in [0.2, 0.25) is 5.91 Å². The molecule has 110 valence electrons. The minimum atomic E-state index is -0.178. The summed E-state index contributed by atoms with van der Waals surface area (Å²) in [4.78, 5) is 12.7. The van der Waals surface area contributed by atoms with Crippen LogP contribution < -0.4 is 10.6 Å². The molecule has 1 aliphatic heterocycles. The monoisotopic (exact) mass is 266 g/mol. The minimum absolute atomic E-state index is 0.178. The van der Waals surface area contributed by atoms with Gasteiger partial charge < -0.3 is 10.6 Å². The van der Waals surface area contributed by atoms with Gasteiger partial charge in [-0.05, 0) is 44.6 Å². The van der Waals surface area contributed by atoms with E-state index in [4.69, 9.17) is 0 Å². The second-order valence-electron chi connectivity index (χ2n) is 6.90. The van der Waals surface area contributed by atoms with Crippen LogP contribution in [0.1, 0.15) is 59.3 Å². The fraction of sp³-hybridized carbons (Fsp3) is 0.938. The van der Waals surface area contributed by atoms with Crippen molar-refractivity contribution in [1.82, 2.24) is 10.6 Å².